The topological polar surface area (TPSA) is 109 Å². The summed E-state index contributed by atoms with van der Waals surface area (Å²) in [5, 5.41) is 27.9. The highest BCUT2D eigenvalue weighted by Gasteiger charge is 2.18. The molecule has 72 heavy (non-hydrogen) atoms. The van der Waals surface area contributed by atoms with Gasteiger partial charge in [-0.25, -0.2) is 4.98 Å². The molecule has 0 fully saturated rings. The summed E-state index contributed by atoms with van der Waals surface area (Å²) in [5.41, 5.74) is 11.9. The quantitative estimate of drug-likeness (QED) is 0.157. The van der Waals surface area contributed by atoms with Crippen LogP contribution in [0.3, 0.4) is 0 Å². The number of aromatic nitrogens is 7. The average Bonchev–Trinajstić information content (AvgIpc) is 4.13. The van der Waals surface area contributed by atoms with Crippen molar-refractivity contribution in [3.8, 4) is 0 Å². The van der Waals surface area contributed by atoms with Gasteiger partial charge in [-0.2, -0.15) is 21.5 Å². The molecule has 0 aromatic carbocycles. The van der Waals surface area contributed by atoms with Crippen LogP contribution < -0.4 is 0 Å². The van der Waals surface area contributed by atoms with Crippen LogP contribution in [-0.2, 0) is 43.3 Å². The van der Waals surface area contributed by atoms with Gasteiger partial charge in [0.05, 0.1) is 28.6 Å². The second-order valence-electron chi connectivity index (χ2n) is 25.5. The van der Waals surface area contributed by atoms with Crippen molar-refractivity contribution in [2.75, 3.05) is 0 Å². The summed E-state index contributed by atoms with van der Waals surface area (Å²) in [6, 6.07) is 14.6. The van der Waals surface area contributed by atoms with Gasteiger partial charge in [0, 0.05) is 66.6 Å². The van der Waals surface area contributed by atoms with Crippen molar-refractivity contribution in [3.05, 3.63) is 154 Å². The minimum atomic E-state index is 0.118. The lowest BCUT2D eigenvalue weighted by molar-refractivity contribution is 0.393. The summed E-state index contributed by atoms with van der Waals surface area (Å²) in [7, 11) is 0. The molecule has 0 aliphatic rings. The third kappa shape index (κ3) is 27.9. The van der Waals surface area contributed by atoms with Crippen LogP contribution in [0.2, 0.25) is 0 Å². The first kappa shape index (κ1) is 66.0. The van der Waals surface area contributed by atoms with Gasteiger partial charge in [0.2, 0.25) is 0 Å². The zero-order valence-corrected chi connectivity index (χ0v) is 52.7. The van der Waals surface area contributed by atoms with Crippen molar-refractivity contribution >= 4 is 56.7 Å². The van der Waals surface area contributed by atoms with Crippen LogP contribution in [0.1, 0.15) is 209 Å². The van der Waals surface area contributed by atoms with Crippen LogP contribution in [0.5, 0.6) is 0 Å². The van der Waals surface area contributed by atoms with Crippen LogP contribution in [0.15, 0.2) is 116 Å². The van der Waals surface area contributed by atoms with Crippen LogP contribution in [0.4, 0.5) is 0 Å². The van der Waals surface area contributed by atoms with E-state index >= 15 is 0 Å². The molecule has 0 saturated carbocycles. The lowest BCUT2D eigenvalue weighted by Crippen LogP contribution is -2.11. The molecule has 400 valence electrons. The SMILES string of the molecule is CC(C)(C)c1cccs1.CC(C)(C)c1cccs1.CC(C)(C)c1ccn[nH]1.CC(C)(C)c1ccon1.CC(C)(C)c1ccsc1.CC(C)(C)c1cn[nH]c1.CC(C)(C)c1cncs1.CC(C)(C)c1cscn1. The Labute approximate surface area is 457 Å². The first-order valence-corrected chi connectivity index (χ1v) is 29.1. The molecule has 0 spiro atoms. The number of nitrogens with one attached hydrogen (secondary N) is 2. The average molecular weight is 1080 g/mol. The van der Waals surface area contributed by atoms with Crippen molar-refractivity contribution in [1.82, 2.24) is 35.5 Å². The molecule has 8 rings (SSSR count). The molecule has 0 unspecified atom stereocenters. The number of H-pyrrole nitrogens is 2. The molecule has 8 aromatic heterocycles. The summed E-state index contributed by atoms with van der Waals surface area (Å²) in [6.45, 7) is 52.5. The number of thiophene rings is 3. The normalized spacial score (nSPS) is 11.9. The molecule has 0 bridgehead atoms. The maximum Gasteiger partial charge on any atom is 0.124 e. The van der Waals surface area contributed by atoms with Crippen molar-refractivity contribution < 1.29 is 4.52 Å². The van der Waals surface area contributed by atoms with Crippen molar-refractivity contribution in [3.63, 3.8) is 0 Å². The third-order valence-corrected chi connectivity index (χ3v) is 15.2. The molecule has 0 saturated heterocycles. The second-order valence-corrected chi connectivity index (χ2v) is 29.8. The fraction of sp³-hybridized carbons (Fsp3) is 0.542. The van der Waals surface area contributed by atoms with Crippen LogP contribution in [0, 0.1) is 0 Å². The van der Waals surface area contributed by atoms with E-state index in [0.717, 1.165) is 5.69 Å². The van der Waals surface area contributed by atoms with E-state index in [1.165, 1.54) is 37.1 Å². The zero-order valence-electron chi connectivity index (χ0n) is 48.7. The van der Waals surface area contributed by atoms with Crippen LogP contribution in [-0.4, -0.2) is 35.5 Å². The Morgan fingerprint density at radius 2 is 0.986 bits per heavy atom. The number of rotatable bonds is 0. The summed E-state index contributed by atoms with van der Waals surface area (Å²) < 4.78 is 4.69. The maximum absolute atomic E-state index is 4.69. The van der Waals surface area contributed by atoms with E-state index in [-0.39, 0.29) is 27.1 Å². The molecule has 8 nitrogen and oxygen atoms in total. The van der Waals surface area contributed by atoms with Crippen LogP contribution in [0.25, 0.3) is 0 Å². The van der Waals surface area contributed by atoms with Gasteiger partial charge in [0.15, 0.2) is 0 Å². The minimum Gasteiger partial charge on any atom is -0.364 e. The molecule has 0 amide bonds. The lowest BCUT2D eigenvalue weighted by Gasteiger charge is -2.15. The molecule has 8 aromatic rings. The van der Waals surface area contributed by atoms with Crippen molar-refractivity contribution in [1.29, 1.82) is 0 Å². The largest absolute Gasteiger partial charge is 0.364 e. The fourth-order valence-electron chi connectivity index (χ4n) is 5.21. The van der Waals surface area contributed by atoms with Crippen LogP contribution >= 0.6 is 56.7 Å². The van der Waals surface area contributed by atoms with E-state index in [4.69, 9.17) is 4.52 Å². The van der Waals surface area contributed by atoms with E-state index in [2.05, 4.69) is 259 Å². The summed E-state index contributed by atoms with van der Waals surface area (Å²) >= 11 is 8.80. The Kier molecular flexibility index (Phi) is 26.7. The Morgan fingerprint density at radius 1 is 0.444 bits per heavy atom. The Morgan fingerprint density at radius 3 is 1.18 bits per heavy atom. The first-order valence-electron chi connectivity index (χ1n) is 24.6. The number of thiazole rings is 2. The standard InChI is InChI=1S/3C8H12S.2C7H12N2.C7H11NO.2C7H11NS/c1-8(2,3)7-4-5-9-6-7;2*1-8(2,3)7-5-4-6-9-7;1-7(2,3)6-4-8-9-5-6;1-7(2,3)6-4-5-8-9-6;1-7(2,3)6-4-5-9-8-6;1-7(2,3)6-4-9-5-8-6;1-7(2,3)6-4-8-5-9-6/h3*4-6H,1-3H3;2*4-5H,1-3H3,(H,8,9);3*4-5H,1-3H3. The van der Waals surface area contributed by atoms with E-state index < -0.39 is 0 Å². The highest BCUT2D eigenvalue weighted by atomic mass is 32.1. The highest BCUT2D eigenvalue weighted by Crippen LogP contribution is 2.28. The van der Waals surface area contributed by atoms with Gasteiger partial charge in [-0.3, -0.25) is 15.2 Å². The molecule has 0 radical (unpaired) electrons. The molecular formula is C59H93N7OS5. The number of aromatic amines is 2. The van der Waals surface area contributed by atoms with Gasteiger partial charge in [-0.05, 0) is 84.0 Å². The zero-order chi connectivity index (χ0) is 55.2. The van der Waals surface area contributed by atoms with Gasteiger partial charge >= 0.3 is 0 Å². The molecular weight excluding hydrogens is 983 g/mol. The molecule has 8 heterocycles. The van der Waals surface area contributed by atoms with Gasteiger partial charge in [0.25, 0.3) is 0 Å². The van der Waals surface area contributed by atoms with Gasteiger partial charge < -0.3 is 4.52 Å². The highest BCUT2D eigenvalue weighted by molar-refractivity contribution is 7.10. The predicted molar refractivity (Wildman–Crippen MR) is 320 cm³/mol. The smallest absolute Gasteiger partial charge is 0.124 e. The Balaban J connectivity index is 0.000000411. The van der Waals surface area contributed by atoms with E-state index in [0.29, 0.717) is 16.2 Å². The number of nitrogens with zero attached hydrogens (tertiary/aromatic N) is 5. The van der Waals surface area contributed by atoms with E-state index in [1.54, 1.807) is 46.5 Å². The van der Waals surface area contributed by atoms with E-state index in [1.807, 2.05) is 64.4 Å². The molecule has 0 aliphatic heterocycles. The second kappa shape index (κ2) is 29.2. The number of hydrogen-bond acceptors (Lipinski definition) is 11. The maximum atomic E-state index is 4.69. The van der Waals surface area contributed by atoms with Crippen molar-refractivity contribution in [2.24, 2.45) is 0 Å². The Hall–Kier alpha value is -4.01. The van der Waals surface area contributed by atoms with Gasteiger partial charge in [-0.1, -0.05) is 183 Å². The predicted octanol–water partition coefficient (Wildman–Crippen LogP) is 19.4. The first-order chi connectivity index (χ1) is 32.8. The summed E-state index contributed by atoms with van der Waals surface area (Å²) in [6.07, 6.45) is 9.10. The monoisotopic (exact) mass is 1080 g/mol. The lowest BCUT2D eigenvalue weighted by atomic mass is 9.90. The van der Waals surface area contributed by atoms with Crippen molar-refractivity contribution in [2.45, 2.75) is 209 Å². The van der Waals surface area contributed by atoms with E-state index in [9.17, 15) is 0 Å². The minimum absolute atomic E-state index is 0.118. The van der Waals surface area contributed by atoms with Gasteiger partial charge in [-0.15, -0.1) is 45.3 Å². The number of hydrogen-bond donors (Lipinski definition) is 2. The molecule has 2 N–H and O–H groups in total. The molecule has 0 aliphatic carbocycles. The Bertz CT molecular complexity index is 1900. The van der Waals surface area contributed by atoms with Gasteiger partial charge in [0.1, 0.15) is 6.26 Å². The fourth-order valence-corrected chi connectivity index (χ4v) is 9.21. The summed E-state index contributed by atoms with van der Waals surface area (Å²) in [5.74, 6) is 0. The third-order valence-electron chi connectivity index (χ3n) is 10.2. The molecule has 13 heteroatoms. The molecule has 0 atom stereocenters. The summed E-state index contributed by atoms with van der Waals surface area (Å²) in [4.78, 5) is 12.5.